The molecule has 0 bridgehead atoms. The van der Waals surface area contributed by atoms with E-state index in [0.29, 0.717) is 16.5 Å². The zero-order valence-electron chi connectivity index (χ0n) is 21.7. The molecule has 0 spiro atoms. The van der Waals surface area contributed by atoms with E-state index < -0.39 is 5.43 Å². The molecule has 4 heteroatoms. The highest BCUT2D eigenvalue weighted by Gasteiger charge is 2.15. The second-order valence-corrected chi connectivity index (χ2v) is 9.67. The van der Waals surface area contributed by atoms with E-state index in [1.165, 1.54) is 82.7 Å². The number of unbranched alkanes of at least 4 members (excludes halogenated alkanes) is 10. The van der Waals surface area contributed by atoms with Gasteiger partial charge in [-0.1, -0.05) is 90.2 Å². The van der Waals surface area contributed by atoms with Crippen LogP contribution in [0, 0.1) is 0 Å². The maximum Gasteiger partial charge on any atom is 0.235 e. The van der Waals surface area contributed by atoms with Crippen LogP contribution < -0.4 is 10.3 Å². The SMILES string of the molecule is CCCCCCCCN(CCCCCCCC)c1ccc(-c2oc3ccccc3c(=O)c2O)cc1. The van der Waals surface area contributed by atoms with Gasteiger partial charge in [0.05, 0.1) is 5.39 Å². The molecule has 0 aliphatic rings. The van der Waals surface area contributed by atoms with Crippen LogP contribution >= 0.6 is 0 Å². The zero-order valence-corrected chi connectivity index (χ0v) is 21.7. The highest BCUT2D eigenvalue weighted by molar-refractivity contribution is 5.81. The molecule has 1 heterocycles. The third kappa shape index (κ3) is 7.88. The standard InChI is InChI=1S/C31H43NO3/c1-3-5-7-9-11-15-23-32(24-16-12-10-8-6-4-2)26-21-19-25(20-22-26)31-30(34)29(33)27-17-13-14-18-28(27)35-31/h13-14,17-22,34H,3-12,15-16,23-24H2,1-2H3. The normalized spacial score (nSPS) is 11.3. The Morgan fingerprint density at radius 3 is 1.86 bits per heavy atom. The first kappa shape index (κ1) is 26.8. The molecule has 0 unspecified atom stereocenters. The van der Waals surface area contributed by atoms with E-state index in [1.54, 1.807) is 18.2 Å². The van der Waals surface area contributed by atoms with Gasteiger partial charge >= 0.3 is 0 Å². The van der Waals surface area contributed by atoms with Gasteiger partial charge in [0.1, 0.15) is 5.58 Å². The van der Waals surface area contributed by atoms with Gasteiger partial charge in [0.15, 0.2) is 5.76 Å². The van der Waals surface area contributed by atoms with Crippen LogP contribution in [0.4, 0.5) is 5.69 Å². The first-order valence-electron chi connectivity index (χ1n) is 13.8. The van der Waals surface area contributed by atoms with E-state index in [1.807, 2.05) is 18.2 Å². The van der Waals surface area contributed by atoms with Crippen LogP contribution in [0.2, 0.25) is 0 Å². The van der Waals surface area contributed by atoms with Crippen molar-refractivity contribution >= 4 is 16.7 Å². The molecule has 0 amide bonds. The number of fused-ring (bicyclic) bond motifs is 1. The highest BCUT2D eigenvalue weighted by atomic mass is 16.4. The zero-order chi connectivity index (χ0) is 24.9. The van der Waals surface area contributed by atoms with E-state index in [9.17, 15) is 9.90 Å². The Hall–Kier alpha value is -2.75. The summed E-state index contributed by atoms with van der Waals surface area (Å²) in [5.74, 6) is -0.0916. The summed E-state index contributed by atoms with van der Waals surface area (Å²) in [7, 11) is 0. The summed E-state index contributed by atoms with van der Waals surface area (Å²) >= 11 is 0. The smallest absolute Gasteiger partial charge is 0.235 e. The van der Waals surface area contributed by atoms with Crippen LogP contribution in [0.3, 0.4) is 0 Å². The monoisotopic (exact) mass is 477 g/mol. The quantitative estimate of drug-likeness (QED) is 0.210. The number of aromatic hydroxyl groups is 1. The summed E-state index contributed by atoms with van der Waals surface area (Å²) in [5, 5.41) is 10.9. The van der Waals surface area contributed by atoms with Crippen molar-refractivity contribution in [3.05, 3.63) is 58.8 Å². The minimum Gasteiger partial charge on any atom is -0.502 e. The van der Waals surface area contributed by atoms with Crippen molar-refractivity contribution in [2.75, 3.05) is 18.0 Å². The van der Waals surface area contributed by atoms with Crippen LogP contribution in [-0.2, 0) is 0 Å². The third-order valence-corrected chi connectivity index (χ3v) is 6.83. The van der Waals surface area contributed by atoms with Crippen LogP contribution in [-0.4, -0.2) is 18.2 Å². The van der Waals surface area contributed by atoms with E-state index in [-0.39, 0.29) is 11.5 Å². The minimum atomic E-state index is -0.390. The van der Waals surface area contributed by atoms with Gasteiger partial charge in [0.25, 0.3) is 0 Å². The molecule has 2 aromatic carbocycles. The topological polar surface area (TPSA) is 53.7 Å². The second-order valence-electron chi connectivity index (χ2n) is 9.67. The number of hydrogen-bond acceptors (Lipinski definition) is 4. The lowest BCUT2D eigenvalue weighted by molar-refractivity contribution is 0.449. The number of para-hydroxylation sites is 1. The Morgan fingerprint density at radius 2 is 1.26 bits per heavy atom. The lowest BCUT2D eigenvalue weighted by Gasteiger charge is -2.25. The summed E-state index contributed by atoms with van der Waals surface area (Å²) in [6, 6.07) is 15.1. The minimum absolute atomic E-state index is 0.235. The number of benzene rings is 2. The number of nitrogens with zero attached hydrogens (tertiary/aromatic N) is 1. The average molecular weight is 478 g/mol. The molecule has 190 valence electrons. The maximum absolute atomic E-state index is 12.6. The van der Waals surface area contributed by atoms with Crippen LogP contribution in [0.1, 0.15) is 90.9 Å². The fraction of sp³-hybridized carbons (Fsp3) is 0.516. The Bertz CT molecular complexity index is 1050. The van der Waals surface area contributed by atoms with Crippen molar-refractivity contribution in [3.8, 4) is 17.1 Å². The predicted octanol–water partition coefficient (Wildman–Crippen LogP) is 8.69. The van der Waals surface area contributed by atoms with Crippen molar-refractivity contribution in [2.24, 2.45) is 0 Å². The molecule has 0 radical (unpaired) electrons. The molecule has 0 atom stereocenters. The fourth-order valence-corrected chi connectivity index (χ4v) is 4.69. The number of anilines is 1. The molecule has 0 aliphatic heterocycles. The average Bonchev–Trinajstić information content (AvgIpc) is 2.89. The molecule has 0 fully saturated rings. The van der Waals surface area contributed by atoms with E-state index in [4.69, 9.17) is 4.42 Å². The van der Waals surface area contributed by atoms with Crippen molar-refractivity contribution in [1.82, 2.24) is 0 Å². The van der Waals surface area contributed by atoms with E-state index in [2.05, 4.69) is 30.9 Å². The maximum atomic E-state index is 12.6. The molecule has 0 saturated carbocycles. The molecule has 0 saturated heterocycles. The Morgan fingerprint density at radius 1 is 0.714 bits per heavy atom. The summed E-state index contributed by atoms with van der Waals surface area (Å²) in [5.41, 5.74) is 2.01. The van der Waals surface area contributed by atoms with Gasteiger partial charge in [-0.2, -0.15) is 0 Å². The molecule has 3 rings (SSSR count). The summed E-state index contributed by atoms with van der Waals surface area (Å²) in [4.78, 5) is 15.1. The molecule has 0 aliphatic carbocycles. The van der Waals surface area contributed by atoms with Gasteiger partial charge in [-0.05, 0) is 49.2 Å². The van der Waals surface area contributed by atoms with Crippen molar-refractivity contribution in [2.45, 2.75) is 90.9 Å². The molecular formula is C31H43NO3. The van der Waals surface area contributed by atoms with Gasteiger partial charge in [-0.25, -0.2) is 0 Å². The lowest BCUT2D eigenvalue weighted by atomic mass is 10.1. The van der Waals surface area contributed by atoms with E-state index in [0.717, 1.165) is 13.1 Å². The third-order valence-electron chi connectivity index (χ3n) is 6.83. The first-order chi connectivity index (χ1) is 17.2. The molecule has 4 nitrogen and oxygen atoms in total. The molecular weight excluding hydrogens is 434 g/mol. The summed E-state index contributed by atoms with van der Waals surface area (Å²) in [6.45, 7) is 6.65. The second kappa shape index (κ2) is 14.6. The van der Waals surface area contributed by atoms with Crippen molar-refractivity contribution in [1.29, 1.82) is 0 Å². The van der Waals surface area contributed by atoms with Crippen LogP contribution in [0.15, 0.2) is 57.7 Å². The summed E-state index contributed by atoms with van der Waals surface area (Å²) in [6.07, 6.45) is 15.5. The van der Waals surface area contributed by atoms with Gasteiger partial charge < -0.3 is 14.4 Å². The van der Waals surface area contributed by atoms with Gasteiger partial charge in [-0.3, -0.25) is 4.79 Å². The first-order valence-corrected chi connectivity index (χ1v) is 13.8. The lowest BCUT2D eigenvalue weighted by Crippen LogP contribution is -2.25. The largest absolute Gasteiger partial charge is 0.502 e. The number of hydrogen-bond donors (Lipinski definition) is 1. The van der Waals surface area contributed by atoms with Crippen LogP contribution in [0.25, 0.3) is 22.3 Å². The number of rotatable bonds is 16. The Labute approximate surface area is 211 Å². The van der Waals surface area contributed by atoms with Crippen molar-refractivity contribution < 1.29 is 9.52 Å². The van der Waals surface area contributed by atoms with Crippen molar-refractivity contribution in [3.63, 3.8) is 0 Å². The van der Waals surface area contributed by atoms with Gasteiger partial charge in [0, 0.05) is 24.3 Å². The highest BCUT2D eigenvalue weighted by Crippen LogP contribution is 2.31. The molecule has 1 aromatic heterocycles. The molecule has 3 aromatic rings. The van der Waals surface area contributed by atoms with Crippen LogP contribution in [0.5, 0.6) is 5.75 Å². The van der Waals surface area contributed by atoms with Gasteiger partial charge in [-0.15, -0.1) is 0 Å². The molecule has 1 N–H and O–H groups in total. The van der Waals surface area contributed by atoms with Gasteiger partial charge in [0.2, 0.25) is 11.2 Å². The predicted molar refractivity (Wildman–Crippen MR) is 149 cm³/mol. The Kier molecular flexibility index (Phi) is 11.2. The fourth-order valence-electron chi connectivity index (χ4n) is 4.69. The molecule has 35 heavy (non-hydrogen) atoms. The Balaban J connectivity index is 1.70. The van der Waals surface area contributed by atoms with E-state index >= 15 is 0 Å². The summed E-state index contributed by atoms with van der Waals surface area (Å²) < 4.78 is 5.92.